The van der Waals surface area contributed by atoms with Gasteiger partial charge in [-0.25, -0.2) is 0 Å². The molecule has 3 heterocycles. The maximum Gasteiger partial charge on any atom is 0.184 e. The summed E-state index contributed by atoms with van der Waals surface area (Å²) < 4.78 is 11.6. The van der Waals surface area contributed by atoms with E-state index in [0.29, 0.717) is 18.2 Å². The average Bonchev–Trinajstić information content (AvgIpc) is 2.75. The quantitative estimate of drug-likeness (QED) is 0.599. The third-order valence-electron chi connectivity index (χ3n) is 5.23. The van der Waals surface area contributed by atoms with Crippen LogP contribution in [0.5, 0.6) is 11.5 Å². The zero-order valence-corrected chi connectivity index (χ0v) is 16.8. The van der Waals surface area contributed by atoms with Gasteiger partial charge in [0, 0.05) is 45.1 Å². The van der Waals surface area contributed by atoms with Gasteiger partial charge in [0.25, 0.3) is 0 Å². The molecule has 152 valence electrons. The van der Waals surface area contributed by atoms with Crippen molar-refractivity contribution in [3.63, 3.8) is 0 Å². The van der Waals surface area contributed by atoms with Gasteiger partial charge in [0.05, 0.1) is 16.4 Å². The number of rotatable bonds is 7. The number of hydrazine groups is 1. The SMILES string of the molecule is ClC1=CNNC=C1NCCCCN1CCN(c2cccc3c2OCCO3)CC1. The number of nitrogens with one attached hydrogen (secondary N) is 3. The van der Waals surface area contributed by atoms with Crippen LogP contribution in [-0.4, -0.2) is 57.4 Å². The molecule has 0 unspecified atom stereocenters. The molecule has 1 aromatic carbocycles. The van der Waals surface area contributed by atoms with E-state index in [1.165, 1.54) is 6.42 Å². The fourth-order valence-corrected chi connectivity index (χ4v) is 3.88. The highest BCUT2D eigenvalue weighted by molar-refractivity contribution is 6.31. The Bertz CT molecular complexity index is 731. The number of hydrogen-bond acceptors (Lipinski definition) is 7. The van der Waals surface area contributed by atoms with E-state index in [2.05, 4.69) is 38.1 Å². The molecule has 8 heteroatoms. The third kappa shape index (κ3) is 4.59. The molecule has 7 nitrogen and oxygen atoms in total. The van der Waals surface area contributed by atoms with E-state index in [1.807, 2.05) is 12.3 Å². The number of unbranched alkanes of at least 4 members (excludes halogenated alkanes) is 1. The summed E-state index contributed by atoms with van der Waals surface area (Å²) in [5, 5.41) is 4.07. The minimum Gasteiger partial charge on any atom is -0.486 e. The van der Waals surface area contributed by atoms with Crippen molar-refractivity contribution in [2.24, 2.45) is 0 Å². The van der Waals surface area contributed by atoms with Gasteiger partial charge in [0.15, 0.2) is 11.5 Å². The fraction of sp³-hybridized carbons (Fsp3) is 0.500. The van der Waals surface area contributed by atoms with Gasteiger partial charge in [-0.2, -0.15) is 0 Å². The summed E-state index contributed by atoms with van der Waals surface area (Å²) in [5.41, 5.74) is 7.88. The lowest BCUT2D eigenvalue weighted by atomic mass is 10.2. The first-order valence-electron chi connectivity index (χ1n) is 9.98. The van der Waals surface area contributed by atoms with Crippen LogP contribution in [0.4, 0.5) is 5.69 Å². The average molecular weight is 406 g/mol. The number of para-hydroxylation sites is 1. The van der Waals surface area contributed by atoms with Crippen molar-refractivity contribution < 1.29 is 9.47 Å². The van der Waals surface area contributed by atoms with Crippen LogP contribution in [0, 0.1) is 0 Å². The topological polar surface area (TPSA) is 61.0 Å². The van der Waals surface area contributed by atoms with Crippen molar-refractivity contribution in [3.05, 3.63) is 41.3 Å². The van der Waals surface area contributed by atoms with Crippen LogP contribution >= 0.6 is 11.6 Å². The lowest BCUT2D eigenvalue weighted by molar-refractivity contribution is 0.171. The molecular weight excluding hydrogens is 378 g/mol. The summed E-state index contributed by atoms with van der Waals surface area (Å²) in [6.07, 6.45) is 5.88. The van der Waals surface area contributed by atoms with Crippen LogP contribution in [0.3, 0.4) is 0 Å². The molecule has 0 amide bonds. The Morgan fingerprint density at radius 2 is 1.82 bits per heavy atom. The van der Waals surface area contributed by atoms with Crippen LogP contribution in [0.25, 0.3) is 0 Å². The highest BCUT2D eigenvalue weighted by Gasteiger charge is 2.23. The molecule has 0 aliphatic carbocycles. The normalized spacial score (nSPS) is 19.2. The summed E-state index contributed by atoms with van der Waals surface area (Å²) in [5.74, 6) is 1.77. The van der Waals surface area contributed by atoms with Crippen molar-refractivity contribution in [2.75, 3.05) is 57.4 Å². The molecule has 28 heavy (non-hydrogen) atoms. The Labute approximate surface area is 171 Å². The van der Waals surface area contributed by atoms with Gasteiger partial charge in [-0.1, -0.05) is 17.7 Å². The van der Waals surface area contributed by atoms with Crippen molar-refractivity contribution in [3.8, 4) is 11.5 Å². The van der Waals surface area contributed by atoms with Crippen LogP contribution in [0.15, 0.2) is 41.3 Å². The van der Waals surface area contributed by atoms with Gasteiger partial charge in [-0.15, -0.1) is 0 Å². The van der Waals surface area contributed by atoms with E-state index < -0.39 is 0 Å². The first kappa shape index (κ1) is 19.1. The molecule has 0 spiro atoms. The Morgan fingerprint density at radius 3 is 2.68 bits per heavy atom. The second-order valence-corrected chi connectivity index (χ2v) is 7.51. The number of fused-ring (bicyclic) bond motifs is 1. The number of halogens is 1. The first-order chi connectivity index (χ1) is 13.8. The van der Waals surface area contributed by atoms with Gasteiger partial charge in [-0.05, 0) is 31.5 Å². The van der Waals surface area contributed by atoms with Crippen molar-refractivity contribution in [1.29, 1.82) is 0 Å². The van der Waals surface area contributed by atoms with E-state index in [0.717, 1.165) is 68.6 Å². The highest BCUT2D eigenvalue weighted by atomic mass is 35.5. The maximum absolute atomic E-state index is 6.12. The van der Waals surface area contributed by atoms with Crippen LogP contribution in [0.1, 0.15) is 12.8 Å². The van der Waals surface area contributed by atoms with Gasteiger partial charge in [0.1, 0.15) is 13.2 Å². The van der Waals surface area contributed by atoms with Crippen molar-refractivity contribution in [1.82, 2.24) is 21.1 Å². The Hall–Kier alpha value is -2.25. The minimum atomic E-state index is 0.627. The molecule has 0 atom stereocenters. The smallest absolute Gasteiger partial charge is 0.184 e. The monoisotopic (exact) mass is 405 g/mol. The number of piperazine rings is 1. The minimum absolute atomic E-state index is 0.627. The Kier molecular flexibility index (Phi) is 6.34. The summed E-state index contributed by atoms with van der Waals surface area (Å²) in [6, 6.07) is 6.18. The number of nitrogens with zero attached hydrogens (tertiary/aromatic N) is 2. The fourth-order valence-electron chi connectivity index (χ4n) is 3.70. The molecule has 4 rings (SSSR count). The predicted octanol–water partition coefficient (Wildman–Crippen LogP) is 1.98. The highest BCUT2D eigenvalue weighted by Crippen LogP contribution is 2.39. The first-order valence-corrected chi connectivity index (χ1v) is 10.4. The molecule has 3 N–H and O–H groups in total. The predicted molar refractivity (Wildman–Crippen MR) is 112 cm³/mol. The second kappa shape index (κ2) is 9.30. The van der Waals surface area contributed by atoms with Gasteiger partial charge < -0.3 is 30.5 Å². The molecule has 1 fully saturated rings. The summed E-state index contributed by atoms with van der Waals surface area (Å²) >= 11 is 6.12. The molecule has 3 aliphatic rings. The van der Waals surface area contributed by atoms with Crippen LogP contribution in [-0.2, 0) is 0 Å². The van der Waals surface area contributed by atoms with E-state index in [-0.39, 0.29) is 0 Å². The second-order valence-electron chi connectivity index (χ2n) is 7.10. The molecule has 1 aromatic rings. The maximum atomic E-state index is 6.12. The van der Waals surface area contributed by atoms with Gasteiger partial charge in [-0.3, -0.25) is 4.90 Å². The standard InChI is InChI=1S/C20H28ClN5O2/c21-16-14-23-24-15-17(16)22-6-1-2-7-25-8-10-26(11-9-25)18-4-3-5-19-20(18)28-13-12-27-19/h3-5,14-15,22-24H,1-2,6-13H2. The molecule has 0 bridgehead atoms. The number of hydrogen-bond donors (Lipinski definition) is 3. The van der Waals surface area contributed by atoms with Crippen molar-refractivity contribution in [2.45, 2.75) is 12.8 Å². The Balaban J connectivity index is 1.17. The van der Waals surface area contributed by atoms with E-state index in [1.54, 1.807) is 6.20 Å². The third-order valence-corrected chi connectivity index (χ3v) is 5.54. The zero-order chi connectivity index (χ0) is 19.2. The molecule has 1 saturated heterocycles. The van der Waals surface area contributed by atoms with Gasteiger partial charge in [0.2, 0.25) is 0 Å². The molecular formula is C20H28ClN5O2. The summed E-state index contributed by atoms with van der Waals surface area (Å²) in [6.45, 7) is 7.50. The van der Waals surface area contributed by atoms with Crippen LogP contribution < -0.4 is 30.5 Å². The molecule has 0 saturated carbocycles. The van der Waals surface area contributed by atoms with Crippen LogP contribution in [0.2, 0.25) is 0 Å². The van der Waals surface area contributed by atoms with Gasteiger partial charge >= 0.3 is 0 Å². The lowest BCUT2D eigenvalue weighted by Gasteiger charge is -2.37. The summed E-state index contributed by atoms with van der Waals surface area (Å²) in [7, 11) is 0. The number of benzene rings is 1. The van der Waals surface area contributed by atoms with Crippen molar-refractivity contribution >= 4 is 17.3 Å². The zero-order valence-electron chi connectivity index (χ0n) is 16.0. The van der Waals surface area contributed by atoms with E-state index in [9.17, 15) is 0 Å². The number of anilines is 1. The number of ether oxygens (including phenoxy) is 2. The number of allylic oxidation sites excluding steroid dienone is 1. The Morgan fingerprint density at radius 1 is 1.00 bits per heavy atom. The van der Waals surface area contributed by atoms with E-state index >= 15 is 0 Å². The molecule has 0 aromatic heterocycles. The largest absolute Gasteiger partial charge is 0.486 e. The van der Waals surface area contributed by atoms with E-state index in [4.69, 9.17) is 21.1 Å². The summed E-state index contributed by atoms with van der Waals surface area (Å²) in [4.78, 5) is 4.96. The molecule has 3 aliphatic heterocycles. The lowest BCUT2D eigenvalue weighted by Crippen LogP contribution is -2.46. The molecule has 0 radical (unpaired) electrons.